The molecule has 54 valence electrons. The normalized spacial score (nSPS) is 9.40. The molecule has 0 spiro atoms. The van der Waals surface area contributed by atoms with E-state index in [1.165, 1.54) is 11.7 Å². The summed E-state index contributed by atoms with van der Waals surface area (Å²) in [5.41, 5.74) is 2.47. The zero-order valence-corrected chi connectivity index (χ0v) is 5.90. The highest BCUT2D eigenvalue weighted by Crippen LogP contribution is 1.69. The Morgan fingerprint density at radius 2 is 2.50 bits per heavy atom. The molecule has 0 fully saturated rings. The fourth-order valence-electron chi connectivity index (χ4n) is 0.588. The minimum absolute atomic E-state index is 0.135. The van der Waals surface area contributed by atoms with Gasteiger partial charge < -0.3 is 0 Å². The second-order valence-corrected chi connectivity index (χ2v) is 2.02. The second kappa shape index (κ2) is 2.47. The van der Waals surface area contributed by atoms with Crippen LogP contribution in [-0.4, -0.2) is 15.8 Å². The maximum absolute atomic E-state index is 10.4. The maximum atomic E-state index is 10.4. The molecular formula is C5H9N4O+. The van der Waals surface area contributed by atoms with Crippen molar-refractivity contribution >= 4 is 5.91 Å². The highest BCUT2D eigenvalue weighted by Gasteiger charge is 2.01. The lowest BCUT2D eigenvalue weighted by atomic mass is 10.8. The minimum Gasteiger partial charge on any atom is -0.272 e. The highest BCUT2D eigenvalue weighted by atomic mass is 16.2. The largest absolute Gasteiger partial charge is 0.272 e. The topological polar surface area (TPSA) is 50.8 Å². The van der Waals surface area contributed by atoms with Gasteiger partial charge in [0.25, 0.3) is 12.7 Å². The summed E-state index contributed by atoms with van der Waals surface area (Å²) in [6.45, 7) is 1.43. The molecule has 0 aliphatic heterocycles. The summed E-state index contributed by atoms with van der Waals surface area (Å²) in [7, 11) is 1.82. The van der Waals surface area contributed by atoms with Crippen LogP contribution >= 0.6 is 0 Å². The van der Waals surface area contributed by atoms with Crippen LogP contribution in [0, 0.1) is 0 Å². The summed E-state index contributed by atoms with van der Waals surface area (Å²) < 4.78 is 1.73. The summed E-state index contributed by atoms with van der Waals surface area (Å²) in [6.07, 6.45) is 3.25. The van der Waals surface area contributed by atoms with Crippen molar-refractivity contribution in [2.45, 2.75) is 6.92 Å². The van der Waals surface area contributed by atoms with Gasteiger partial charge >= 0.3 is 0 Å². The van der Waals surface area contributed by atoms with Crippen LogP contribution in [-0.2, 0) is 11.8 Å². The molecule has 5 heteroatoms. The van der Waals surface area contributed by atoms with Crippen molar-refractivity contribution in [2.75, 3.05) is 5.43 Å². The van der Waals surface area contributed by atoms with Gasteiger partial charge in [0.05, 0.1) is 12.1 Å². The van der Waals surface area contributed by atoms with Crippen LogP contribution in [0.15, 0.2) is 12.7 Å². The third kappa shape index (κ3) is 1.54. The van der Waals surface area contributed by atoms with Crippen LogP contribution < -0.4 is 9.99 Å². The average Bonchev–Trinajstić information content (AvgIpc) is 2.13. The summed E-state index contributed by atoms with van der Waals surface area (Å²) in [5.74, 6) is -0.135. The predicted molar refractivity (Wildman–Crippen MR) is 33.4 cm³/mol. The molecule has 1 aromatic heterocycles. The number of rotatable bonds is 1. The Bertz CT molecular complexity index is 242. The number of hydrogen-bond donors (Lipinski definition) is 1. The molecule has 1 heterocycles. The van der Waals surface area contributed by atoms with E-state index in [1.807, 2.05) is 7.05 Å². The van der Waals surface area contributed by atoms with Crippen LogP contribution in [0.4, 0.5) is 0 Å². The van der Waals surface area contributed by atoms with Gasteiger partial charge in [-0.2, -0.15) is 5.43 Å². The van der Waals surface area contributed by atoms with E-state index >= 15 is 0 Å². The first kappa shape index (κ1) is 6.73. The molecule has 0 aliphatic carbocycles. The second-order valence-electron chi connectivity index (χ2n) is 2.02. The predicted octanol–water partition coefficient (Wildman–Crippen LogP) is -1.20. The molecule has 0 saturated carbocycles. The van der Waals surface area contributed by atoms with Crippen molar-refractivity contribution in [1.82, 2.24) is 9.89 Å². The van der Waals surface area contributed by atoms with E-state index < -0.39 is 0 Å². The number of carbonyl (C=O) groups excluding carboxylic acids is 1. The molecule has 0 unspecified atom stereocenters. The highest BCUT2D eigenvalue weighted by molar-refractivity contribution is 5.80. The molecule has 0 radical (unpaired) electrons. The Morgan fingerprint density at radius 1 is 1.80 bits per heavy atom. The van der Waals surface area contributed by atoms with E-state index in [2.05, 4.69) is 10.5 Å². The van der Waals surface area contributed by atoms with Gasteiger partial charge in [-0.1, -0.05) is 0 Å². The lowest BCUT2D eigenvalue weighted by Crippen LogP contribution is -2.26. The molecule has 1 aromatic rings. The van der Waals surface area contributed by atoms with E-state index in [9.17, 15) is 4.79 Å². The molecule has 1 amide bonds. The SMILES string of the molecule is CC(=O)Nn1c[n+](C)cn1. The van der Waals surface area contributed by atoms with Crippen molar-refractivity contribution < 1.29 is 9.36 Å². The molecule has 10 heavy (non-hydrogen) atoms. The molecule has 0 aliphatic rings. The summed E-state index contributed by atoms with van der Waals surface area (Å²) in [6, 6.07) is 0. The molecule has 0 bridgehead atoms. The minimum atomic E-state index is -0.135. The van der Waals surface area contributed by atoms with Gasteiger partial charge in [-0.05, 0) is 4.79 Å². The molecule has 0 atom stereocenters. The molecular weight excluding hydrogens is 132 g/mol. The lowest BCUT2D eigenvalue weighted by Gasteiger charge is -1.88. The number of hydrogen-bond acceptors (Lipinski definition) is 2. The van der Waals surface area contributed by atoms with Crippen molar-refractivity contribution in [1.29, 1.82) is 0 Å². The number of nitrogens with one attached hydrogen (secondary N) is 1. The lowest BCUT2D eigenvalue weighted by molar-refractivity contribution is -0.672. The Kier molecular flexibility index (Phi) is 1.66. The molecule has 0 saturated heterocycles. The fourth-order valence-corrected chi connectivity index (χ4v) is 0.588. The fraction of sp³-hybridized carbons (Fsp3) is 0.400. The summed E-state index contributed by atoms with van der Waals surface area (Å²) in [5, 5.41) is 3.80. The van der Waals surface area contributed by atoms with Gasteiger partial charge in [-0.15, -0.1) is 0 Å². The van der Waals surface area contributed by atoms with E-state index in [0.29, 0.717) is 0 Å². The van der Waals surface area contributed by atoms with E-state index in [4.69, 9.17) is 0 Å². The van der Waals surface area contributed by atoms with Gasteiger partial charge in [0.2, 0.25) is 5.91 Å². The van der Waals surface area contributed by atoms with Crippen LogP contribution in [0.1, 0.15) is 6.92 Å². The van der Waals surface area contributed by atoms with Crippen molar-refractivity contribution in [3.05, 3.63) is 12.7 Å². The first-order valence-electron chi connectivity index (χ1n) is 2.86. The third-order valence-corrected chi connectivity index (χ3v) is 0.922. The Balaban J connectivity index is 2.67. The standard InChI is InChI=1S/C5H8N4O/c1-5(10)7-9-4-8(2)3-6-9/h3-4H,1-2H3/p+1. The van der Waals surface area contributed by atoms with Crippen LogP contribution in [0.25, 0.3) is 0 Å². The van der Waals surface area contributed by atoms with E-state index in [1.54, 1.807) is 17.2 Å². The Morgan fingerprint density at radius 3 is 2.90 bits per heavy atom. The van der Waals surface area contributed by atoms with Gasteiger partial charge in [-0.3, -0.25) is 4.79 Å². The molecule has 1 N–H and O–H groups in total. The Labute approximate surface area is 58.2 Å². The van der Waals surface area contributed by atoms with Crippen LogP contribution in [0.2, 0.25) is 0 Å². The maximum Gasteiger partial charge on any atom is 0.267 e. The van der Waals surface area contributed by atoms with Crippen molar-refractivity contribution in [2.24, 2.45) is 7.05 Å². The summed E-state index contributed by atoms with van der Waals surface area (Å²) >= 11 is 0. The smallest absolute Gasteiger partial charge is 0.267 e. The quantitative estimate of drug-likeness (QED) is 0.499. The van der Waals surface area contributed by atoms with Gasteiger partial charge in [0.1, 0.15) is 0 Å². The number of aromatic nitrogens is 3. The zero-order chi connectivity index (χ0) is 7.56. The van der Waals surface area contributed by atoms with Gasteiger partial charge in [-0.25, -0.2) is 4.57 Å². The first-order chi connectivity index (χ1) is 4.68. The van der Waals surface area contributed by atoms with Crippen molar-refractivity contribution in [3.63, 3.8) is 0 Å². The number of nitrogens with zero attached hydrogens (tertiary/aromatic N) is 3. The number of amides is 1. The average molecular weight is 141 g/mol. The molecule has 0 aromatic carbocycles. The monoisotopic (exact) mass is 141 g/mol. The van der Waals surface area contributed by atoms with Crippen molar-refractivity contribution in [3.8, 4) is 0 Å². The third-order valence-electron chi connectivity index (χ3n) is 0.922. The number of carbonyl (C=O) groups is 1. The number of aryl methyl sites for hydroxylation is 1. The zero-order valence-electron chi connectivity index (χ0n) is 5.90. The van der Waals surface area contributed by atoms with Gasteiger partial charge in [0.15, 0.2) is 0 Å². The summed E-state index contributed by atoms with van der Waals surface area (Å²) in [4.78, 5) is 11.8. The van der Waals surface area contributed by atoms with Crippen LogP contribution in [0.5, 0.6) is 0 Å². The first-order valence-corrected chi connectivity index (χ1v) is 2.86. The van der Waals surface area contributed by atoms with E-state index in [0.717, 1.165) is 0 Å². The molecule has 1 rings (SSSR count). The molecule has 5 nitrogen and oxygen atoms in total. The van der Waals surface area contributed by atoms with Gasteiger partial charge in [0, 0.05) is 6.92 Å². The Hall–Kier alpha value is -1.39. The van der Waals surface area contributed by atoms with Crippen LogP contribution in [0.3, 0.4) is 0 Å². The van der Waals surface area contributed by atoms with E-state index in [-0.39, 0.29) is 5.91 Å².